The molecular weight excluding hydrogens is 294 g/mol. The molecule has 24 heavy (non-hydrogen) atoms. The van der Waals surface area contributed by atoms with Crippen molar-refractivity contribution >= 4 is 27.5 Å². The summed E-state index contributed by atoms with van der Waals surface area (Å²) in [6.07, 6.45) is 4.74. The molecule has 120 valence electrons. The van der Waals surface area contributed by atoms with E-state index < -0.39 is 0 Å². The molecule has 0 radical (unpaired) electrons. The number of benzene rings is 2. The molecule has 0 atom stereocenters. The van der Waals surface area contributed by atoms with Gasteiger partial charge in [0, 0.05) is 28.5 Å². The third-order valence-corrected chi connectivity index (χ3v) is 5.99. The van der Waals surface area contributed by atoms with E-state index in [0.717, 1.165) is 36.8 Å². The van der Waals surface area contributed by atoms with E-state index in [1.807, 2.05) is 0 Å². The van der Waals surface area contributed by atoms with Crippen molar-refractivity contribution < 1.29 is 4.79 Å². The monoisotopic (exact) mass is 315 g/mol. The smallest absolute Gasteiger partial charge is 0.163 e. The highest BCUT2D eigenvalue weighted by Crippen LogP contribution is 2.44. The van der Waals surface area contributed by atoms with E-state index in [2.05, 4.69) is 44.2 Å². The van der Waals surface area contributed by atoms with Crippen LogP contribution in [0.1, 0.15) is 60.3 Å². The fraction of sp³-hybridized carbons (Fsp3) is 0.364. The molecule has 0 spiro atoms. The van der Waals surface area contributed by atoms with Crippen LogP contribution < -0.4 is 0 Å². The number of hydrogen-bond acceptors (Lipinski definition) is 2. The van der Waals surface area contributed by atoms with Crippen LogP contribution in [0.15, 0.2) is 30.3 Å². The van der Waals surface area contributed by atoms with Crippen molar-refractivity contribution in [1.29, 1.82) is 0 Å². The van der Waals surface area contributed by atoms with Crippen LogP contribution in [0.4, 0.5) is 0 Å². The standard InChI is InChI=1S/C22H21NO/c1-22(2)11-10-19(24)21-14-7-5-9-18-20(14)15(12-16(21)22)13-6-3-4-8-17(13)23-18/h3-4,6,8,12H,5,7,9-11H2,1-2H3. The maximum atomic E-state index is 12.8. The number of hydrogen-bond donors (Lipinski definition) is 0. The lowest BCUT2D eigenvalue weighted by atomic mass is 9.69. The van der Waals surface area contributed by atoms with Crippen molar-refractivity contribution in [3.63, 3.8) is 0 Å². The molecule has 2 aliphatic rings. The zero-order chi connectivity index (χ0) is 16.5. The number of para-hydroxylation sites is 1. The number of rotatable bonds is 0. The molecule has 0 bridgehead atoms. The van der Waals surface area contributed by atoms with E-state index >= 15 is 0 Å². The molecule has 2 nitrogen and oxygen atoms in total. The Morgan fingerprint density at radius 2 is 1.88 bits per heavy atom. The van der Waals surface area contributed by atoms with Gasteiger partial charge >= 0.3 is 0 Å². The highest BCUT2D eigenvalue weighted by Gasteiger charge is 2.35. The Hall–Kier alpha value is -2.22. The lowest BCUT2D eigenvalue weighted by Crippen LogP contribution is -2.29. The minimum atomic E-state index is 0.0654. The molecule has 0 fully saturated rings. The minimum Gasteiger partial charge on any atom is -0.294 e. The molecule has 0 aliphatic heterocycles. The first-order valence-corrected chi connectivity index (χ1v) is 8.97. The van der Waals surface area contributed by atoms with Gasteiger partial charge in [-0.25, -0.2) is 0 Å². The van der Waals surface area contributed by atoms with Crippen LogP contribution >= 0.6 is 0 Å². The Balaban J connectivity index is 2.03. The molecule has 0 amide bonds. The van der Waals surface area contributed by atoms with Gasteiger partial charge in [-0.2, -0.15) is 0 Å². The second-order valence-electron chi connectivity index (χ2n) is 7.94. The van der Waals surface area contributed by atoms with Gasteiger partial charge in [0.25, 0.3) is 0 Å². The highest BCUT2D eigenvalue weighted by atomic mass is 16.1. The summed E-state index contributed by atoms with van der Waals surface area (Å²) in [6, 6.07) is 10.7. The van der Waals surface area contributed by atoms with Crippen molar-refractivity contribution in [2.24, 2.45) is 0 Å². The zero-order valence-electron chi connectivity index (χ0n) is 14.3. The van der Waals surface area contributed by atoms with Crippen molar-refractivity contribution in [1.82, 2.24) is 4.98 Å². The molecule has 2 aliphatic carbocycles. The minimum absolute atomic E-state index is 0.0654. The predicted octanol–water partition coefficient (Wildman–Crippen LogP) is 5.13. The second kappa shape index (κ2) is 4.66. The number of carbonyl (C=O) groups is 1. The average molecular weight is 315 g/mol. The summed E-state index contributed by atoms with van der Waals surface area (Å²) in [4.78, 5) is 17.7. The summed E-state index contributed by atoms with van der Waals surface area (Å²) in [5, 5.41) is 3.78. The molecule has 3 aromatic rings. The Kier molecular flexibility index (Phi) is 2.75. The van der Waals surface area contributed by atoms with E-state index in [0.29, 0.717) is 12.2 Å². The van der Waals surface area contributed by atoms with Gasteiger partial charge in [0.2, 0.25) is 0 Å². The largest absolute Gasteiger partial charge is 0.294 e. The number of aryl methyl sites for hydroxylation is 2. The molecule has 5 rings (SSSR count). The van der Waals surface area contributed by atoms with Crippen LogP contribution in [0, 0.1) is 0 Å². The van der Waals surface area contributed by atoms with Crippen molar-refractivity contribution in [3.05, 3.63) is 52.7 Å². The first kappa shape index (κ1) is 14.2. The Labute approximate surface area is 141 Å². The fourth-order valence-corrected chi connectivity index (χ4v) is 4.68. The molecule has 1 heterocycles. The van der Waals surface area contributed by atoms with Crippen molar-refractivity contribution in [2.45, 2.75) is 51.4 Å². The molecular formula is C22H21NO. The van der Waals surface area contributed by atoms with Gasteiger partial charge in [0.15, 0.2) is 5.78 Å². The maximum absolute atomic E-state index is 12.8. The summed E-state index contributed by atoms with van der Waals surface area (Å²) in [7, 11) is 0. The number of fused-ring (bicyclic) bond motifs is 4. The quantitative estimate of drug-likeness (QED) is 0.538. The van der Waals surface area contributed by atoms with Crippen LogP contribution in [-0.2, 0) is 18.3 Å². The van der Waals surface area contributed by atoms with E-state index in [1.54, 1.807) is 0 Å². The predicted molar refractivity (Wildman–Crippen MR) is 97.9 cm³/mol. The zero-order valence-corrected chi connectivity index (χ0v) is 14.3. The van der Waals surface area contributed by atoms with Gasteiger partial charge in [-0.3, -0.25) is 9.78 Å². The van der Waals surface area contributed by atoms with Gasteiger partial charge in [-0.15, -0.1) is 0 Å². The fourth-order valence-electron chi connectivity index (χ4n) is 4.68. The molecule has 0 unspecified atom stereocenters. The Morgan fingerprint density at radius 3 is 2.75 bits per heavy atom. The lowest BCUT2D eigenvalue weighted by Gasteiger charge is -2.35. The normalized spacial score (nSPS) is 18.8. The third kappa shape index (κ3) is 1.77. The van der Waals surface area contributed by atoms with Crippen molar-refractivity contribution in [3.8, 4) is 0 Å². The Bertz CT molecular complexity index is 1030. The van der Waals surface area contributed by atoms with Crippen LogP contribution in [0.25, 0.3) is 21.7 Å². The first-order valence-electron chi connectivity index (χ1n) is 8.97. The Morgan fingerprint density at radius 1 is 1.04 bits per heavy atom. The lowest BCUT2D eigenvalue weighted by molar-refractivity contribution is 0.0956. The number of carbonyl (C=O) groups excluding carboxylic acids is 1. The van der Waals surface area contributed by atoms with Gasteiger partial charge in [0.1, 0.15) is 0 Å². The summed E-state index contributed by atoms with van der Waals surface area (Å²) in [6.45, 7) is 4.56. The van der Waals surface area contributed by atoms with Gasteiger partial charge in [-0.05, 0) is 59.7 Å². The van der Waals surface area contributed by atoms with Crippen LogP contribution in [-0.4, -0.2) is 10.8 Å². The van der Waals surface area contributed by atoms with E-state index in [1.165, 1.54) is 33.0 Å². The molecule has 1 aromatic heterocycles. The van der Waals surface area contributed by atoms with Crippen LogP contribution in [0.2, 0.25) is 0 Å². The summed E-state index contributed by atoms with van der Waals surface area (Å²) >= 11 is 0. The highest BCUT2D eigenvalue weighted by molar-refractivity contribution is 6.13. The number of aromatic nitrogens is 1. The molecule has 0 N–H and O–H groups in total. The molecule has 0 saturated heterocycles. The van der Waals surface area contributed by atoms with E-state index in [4.69, 9.17) is 4.98 Å². The topological polar surface area (TPSA) is 30.0 Å². The summed E-state index contributed by atoms with van der Waals surface area (Å²) < 4.78 is 0. The van der Waals surface area contributed by atoms with Crippen molar-refractivity contribution in [2.75, 3.05) is 0 Å². The average Bonchev–Trinajstić information content (AvgIpc) is 2.58. The SMILES string of the molecule is CC1(C)CCC(=O)c2c1cc1c3c(nc4ccccc41)CCCc23. The van der Waals surface area contributed by atoms with Gasteiger partial charge in [0.05, 0.1) is 5.52 Å². The number of nitrogens with zero attached hydrogens (tertiary/aromatic N) is 1. The van der Waals surface area contributed by atoms with E-state index in [-0.39, 0.29) is 5.41 Å². The molecule has 2 aromatic carbocycles. The van der Waals surface area contributed by atoms with Gasteiger partial charge in [-0.1, -0.05) is 32.0 Å². The summed E-state index contributed by atoms with van der Waals surface area (Å²) in [5.41, 5.74) is 5.88. The van der Waals surface area contributed by atoms with Crippen LogP contribution in [0.3, 0.4) is 0 Å². The third-order valence-electron chi connectivity index (χ3n) is 5.99. The number of Topliss-reactive ketones (excluding diaryl/α,β-unsaturated/α-hetero) is 1. The number of pyridine rings is 1. The molecule has 0 saturated carbocycles. The maximum Gasteiger partial charge on any atom is 0.163 e. The number of ketones is 1. The van der Waals surface area contributed by atoms with Gasteiger partial charge < -0.3 is 0 Å². The first-order chi connectivity index (χ1) is 11.6. The van der Waals surface area contributed by atoms with E-state index in [9.17, 15) is 4.79 Å². The second-order valence-corrected chi connectivity index (χ2v) is 7.94. The van der Waals surface area contributed by atoms with Crippen LogP contribution in [0.5, 0.6) is 0 Å². The summed E-state index contributed by atoms with van der Waals surface area (Å²) in [5.74, 6) is 0.335. The molecule has 2 heteroatoms.